The molecule has 0 bridgehead atoms. The number of para-hydroxylation sites is 2. The van der Waals surface area contributed by atoms with Crippen LogP contribution in [0.3, 0.4) is 0 Å². The van der Waals surface area contributed by atoms with E-state index in [4.69, 9.17) is 6.57 Å². The zero-order valence-electron chi connectivity index (χ0n) is 37.7. The summed E-state index contributed by atoms with van der Waals surface area (Å²) in [5.74, 6) is 0. The van der Waals surface area contributed by atoms with Gasteiger partial charge in [0.05, 0.1) is 46.0 Å². The Labute approximate surface area is 391 Å². The highest BCUT2D eigenvalue weighted by molar-refractivity contribution is 6.12. The van der Waals surface area contributed by atoms with Crippen LogP contribution in [0.15, 0.2) is 176 Å². The largest absolute Gasteiger partial charge is 0.415 e. The Morgan fingerprint density at radius 1 is 0.456 bits per heavy atom. The van der Waals surface area contributed by atoms with Crippen LogP contribution in [-0.4, -0.2) is 9.13 Å². The van der Waals surface area contributed by atoms with E-state index in [9.17, 15) is 18.4 Å². The molecule has 0 amide bonds. The third-order valence-corrected chi connectivity index (χ3v) is 13.1. The van der Waals surface area contributed by atoms with E-state index in [1.807, 2.05) is 48.5 Å². The molecular weight excluding hydrogens is 846 g/mol. The van der Waals surface area contributed by atoms with Gasteiger partial charge in [-0.3, -0.25) is 0 Å². The first kappa shape index (κ1) is 42.0. The van der Waals surface area contributed by atoms with Crippen LogP contribution in [0.5, 0.6) is 0 Å². The Hall–Kier alpha value is -8.65. The second-order valence-corrected chi connectivity index (χ2v) is 17.8. The normalized spacial score (nSPS) is 11.7. The second kappa shape index (κ2) is 16.0. The number of alkyl halides is 3. The van der Waals surface area contributed by atoms with Gasteiger partial charge in [0.25, 0.3) is 0 Å². The SMILES string of the molecule is [C-]#[N+]c1cc(C(F)(F)F)ccc1-c1ccc(-n2c3ccccc3c3cc(-c4cc(C)cc(C)c4)ccc32)cc1-c1cc(C#N)ccc1-n1c2ccccc2c2cc(-c3cc(C)cc(C)c3)ccc21. The zero-order chi connectivity index (χ0) is 47.0. The molecule has 0 fully saturated rings. The lowest BCUT2D eigenvalue weighted by Gasteiger charge is -2.20. The fourth-order valence-electron chi connectivity index (χ4n) is 10.3. The van der Waals surface area contributed by atoms with Crippen LogP contribution >= 0.6 is 0 Å². The fraction of sp³-hybridized carbons (Fsp3) is 0.0820. The molecule has 0 radical (unpaired) electrons. The first-order chi connectivity index (χ1) is 32.9. The third kappa shape index (κ3) is 7.08. The number of aromatic nitrogens is 2. The molecule has 0 N–H and O–H groups in total. The van der Waals surface area contributed by atoms with Gasteiger partial charge < -0.3 is 9.13 Å². The van der Waals surface area contributed by atoms with Gasteiger partial charge in [-0.2, -0.15) is 18.4 Å². The number of halogens is 3. The predicted molar refractivity (Wildman–Crippen MR) is 272 cm³/mol. The first-order valence-electron chi connectivity index (χ1n) is 22.4. The van der Waals surface area contributed by atoms with Gasteiger partial charge in [-0.25, -0.2) is 4.85 Å². The number of hydrogen-bond acceptors (Lipinski definition) is 1. The first-order valence-corrected chi connectivity index (χ1v) is 22.4. The van der Waals surface area contributed by atoms with E-state index in [-0.39, 0.29) is 5.69 Å². The van der Waals surface area contributed by atoms with Crippen molar-refractivity contribution in [2.24, 2.45) is 0 Å². The average molecular weight is 887 g/mol. The molecule has 0 unspecified atom stereocenters. The maximum atomic E-state index is 14.2. The number of rotatable bonds is 6. The van der Waals surface area contributed by atoms with Gasteiger partial charge in [-0.1, -0.05) is 125 Å². The summed E-state index contributed by atoms with van der Waals surface area (Å²) < 4.78 is 46.9. The van der Waals surface area contributed by atoms with E-state index >= 15 is 0 Å². The molecule has 9 aromatic carbocycles. The molecule has 0 aliphatic carbocycles. The summed E-state index contributed by atoms with van der Waals surface area (Å²) in [7, 11) is 0. The molecule has 326 valence electrons. The summed E-state index contributed by atoms with van der Waals surface area (Å²) in [4.78, 5) is 3.67. The number of nitriles is 1. The molecule has 11 aromatic rings. The molecule has 68 heavy (non-hydrogen) atoms. The lowest BCUT2D eigenvalue weighted by Crippen LogP contribution is -2.04. The van der Waals surface area contributed by atoms with Crippen molar-refractivity contribution in [2.45, 2.75) is 33.9 Å². The number of benzene rings is 9. The van der Waals surface area contributed by atoms with Crippen LogP contribution in [-0.2, 0) is 6.18 Å². The van der Waals surface area contributed by atoms with Crippen molar-refractivity contribution >= 4 is 49.3 Å². The Morgan fingerprint density at radius 2 is 0.985 bits per heavy atom. The van der Waals surface area contributed by atoms with Gasteiger partial charge in [-0.15, -0.1) is 0 Å². The van der Waals surface area contributed by atoms with Gasteiger partial charge in [0.15, 0.2) is 5.69 Å². The standard InChI is InChI=1S/C61H41F3N4/c1-36-24-37(2)27-43(26-36)41-15-22-58-53(31-41)49-10-6-8-12-56(49)67(58)46-18-20-47(48-19-17-45(61(62,63)64)33-55(48)66-5)51(34-46)52-30-40(35-65)14-21-59(52)68-57-13-9-7-11-50(57)54-32-42(16-23-60(54)68)44-28-38(3)25-39(4)29-44/h6-34H,1-4H3. The van der Waals surface area contributed by atoms with Crippen LogP contribution in [0.25, 0.3) is 104 Å². The Bertz CT molecular complexity index is 3940. The Kier molecular flexibility index (Phi) is 9.92. The smallest absolute Gasteiger partial charge is 0.309 e. The summed E-state index contributed by atoms with van der Waals surface area (Å²) >= 11 is 0. The van der Waals surface area contributed by atoms with Crippen molar-refractivity contribution in [2.75, 3.05) is 0 Å². The highest BCUT2D eigenvalue weighted by Gasteiger charge is 2.31. The summed E-state index contributed by atoms with van der Waals surface area (Å²) in [5, 5.41) is 14.7. The molecule has 0 saturated heterocycles. The van der Waals surface area contributed by atoms with Crippen LogP contribution in [0, 0.1) is 45.6 Å². The molecule has 0 aliphatic rings. The van der Waals surface area contributed by atoms with E-state index in [1.54, 1.807) is 6.07 Å². The molecule has 4 nitrogen and oxygen atoms in total. The number of hydrogen-bond donors (Lipinski definition) is 0. The van der Waals surface area contributed by atoms with Crippen molar-refractivity contribution < 1.29 is 13.2 Å². The van der Waals surface area contributed by atoms with E-state index in [2.05, 4.69) is 151 Å². The van der Waals surface area contributed by atoms with Gasteiger partial charge in [0.1, 0.15) is 0 Å². The molecule has 2 aromatic heterocycles. The molecule has 11 rings (SSSR count). The second-order valence-electron chi connectivity index (χ2n) is 17.8. The average Bonchev–Trinajstić information content (AvgIpc) is 3.84. The minimum atomic E-state index is -4.64. The van der Waals surface area contributed by atoms with Crippen LogP contribution in [0.4, 0.5) is 18.9 Å². The maximum absolute atomic E-state index is 14.2. The van der Waals surface area contributed by atoms with Crippen LogP contribution in [0.1, 0.15) is 33.4 Å². The van der Waals surface area contributed by atoms with Crippen LogP contribution < -0.4 is 0 Å². The van der Waals surface area contributed by atoms with Crippen molar-refractivity contribution in [1.29, 1.82) is 5.26 Å². The molecule has 0 aliphatic heterocycles. The summed E-state index contributed by atoms with van der Waals surface area (Å²) in [5.41, 5.74) is 16.2. The molecular formula is C61H41F3N4. The van der Waals surface area contributed by atoms with Crippen molar-refractivity contribution in [3.05, 3.63) is 221 Å². The van der Waals surface area contributed by atoms with E-state index < -0.39 is 11.7 Å². The van der Waals surface area contributed by atoms with Crippen molar-refractivity contribution in [3.63, 3.8) is 0 Å². The van der Waals surface area contributed by atoms with E-state index in [0.29, 0.717) is 27.8 Å². The number of fused-ring (bicyclic) bond motifs is 6. The monoisotopic (exact) mass is 886 g/mol. The molecule has 0 saturated carbocycles. The zero-order valence-corrected chi connectivity index (χ0v) is 37.7. The maximum Gasteiger partial charge on any atom is 0.415 e. The van der Waals surface area contributed by atoms with E-state index in [1.165, 1.54) is 28.3 Å². The molecule has 0 spiro atoms. The van der Waals surface area contributed by atoms with Gasteiger partial charge in [0.2, 0.25) is 0 Å². The van der Waals surface area contributed by atoms with Gasteiger partial charge in [0, 0.05) is 38.4 Å². The third-order valence-electron chi connectivity index (χ3n) is 13.1. The molecule has 0 atom stereocenters. The van der Waals surface area contributed by atoms with E-state index in [0.717, 1.165) is 89.4 Å². The van der Waals surface area contributed by atoms with Crippen molar-refractivity contribution in [1.82, 2.24) is 9.13 Å². The summed E-state index contributed by atoms with van der Waals surface area (Å²) in [6, 6.07) is 59.9. The van der Waals surface area contributed by atoms with Gasteiger partial charge in [-0.05, 0) is 139 Å². The Morgan fingerprint density at radius 3 is 1.54 bits per heavy atom. The molecule has 7 heteroatoms. The summed E-state index contributed by atoms with van der Waals surface area (Å²) in [6.45, 7) is 16.6. The number of aryl methyl sites for hydroxylation is 4. The minimum absolute atomic E-state index is 0.127. The quantitative estimate of drug-likeness (QED) is 0.153. The minimum Gasteiger partial charge on any atom is -0.309 e. The highest BCUT2D eigenvalue weighted by atomic mass is 19.4. The number of nitrogens with zero attached hydrogens (tertiary/aromatic N) is 4. The van der Waals surface area contributed by atoms with Crippen molar-refractivity contribution in [3.8, 4) is 62.0 Å². The lowest BCUT2D eigenvalue weighted by atomic mass is 9.90. The summed E-state index contributed by atoms with van der Waals surface area (Å²) in [6.07, 6.45) is -4.64. The lowest BCUT2D eigenvalue weighted by molar-refractivity contribution is -0.137. The highest BCUT2D eigenvalue weighted by Crippen LogP contribution is 2.46. The fourth-order valence-corrected chi connectivity index (χ4v) is 10.3. The van der Waals surface area contributed by atoms with Crippen LogP contribution in [0.2, 0.25) is 0 Å². The predicted octanol–water partition coefficient (Wildman–Crippen LogP) is 17.2. The topological polar surface area (TPSA) is 38.0 Å². The van der Waals surface area contributed by atoms with Gasteiger partial charge >= 0.3 is 6.18 Å². The Balaban J connectivity index is 1.20. The molecule has 2 heterocycles.